The van der Waals surface area contributed by atoms with Crippen LogP contribution in [0.5, 0.6) is 0 Å². The van der Waals surface area contributed by atoms with Gasteiger partial charge in [0.15, 0.2) is 0 Å². The Morgan fingerprint density at radius 3 is 2.70 bits per heavy atom. The van der Waals surface area contributed by atoms with Crippen molar-refractivity contribution in [2.75, 3.05) is 10.5 Å². The van der Waals surface area contributed by atoms with Crippen molar-refractivity contribution in [3.8, 4) is 0 Å². The summed E-state index contributed by atoms with van der Waals surface area (Å²) in [4.78, 5) is 4.24. The Morgan fingerprint density at radius 2 is 1.96 bits per heavy atom. The Hall–Kier alpha value is -2.31. The highest BCUT2D eigenvalue weighted by Gasteiger charge is 2.19. The molecule has 0 unspecified atom stereocenters. The number of fused-ring (bicyclic) bond motifs is 1. The summed E-state index contributed by atoms with van der Waals surface area (Å²) in [5.74, 6) is 0. The van der Waals surface area contributed by atoms with Crippen molar-refractivity contribution >= 4 is 43.9 Å². The van der Waals surface area contributed by atoms with Gasteiger partial charge in [0, 0.05) is 11.6 Å². The van der Waals surface area contributed by atoms with Crippen LogP contribution in [0.4, 0.5) is 11.4 Å². The predicted molar refractivity (Wildman–Crippen MR) is 93.2 cm³/mol. The van der Waals surface area contributed by atoms with Crippen LogP contribution in [-0.2, 0) is 10.0 Å². The molecular weight excluding hydrogens is 334 g/mol. The molecule has 0 saturated carbocycles. The van der Waals surface area contributed by atoms with Gasteiger partial charge in [-0.1, -0.05) is 17.7 Å². The first-order valence-electron chi connectivity index (χ1n) is 6.81. The van der Waals surface area contributed by atoms with Gasteiger partial charge in [0.2, 0.25) is 0 Å². The molecule has 0 spiro atoms. The van der Waals surface area contributed by atoms with Crippen LogP contribution in [0.15, 0.2) is 53.6 Å². The van der Waals surface area contributed by atoms with Crippen LogP contribution in [0.1, 0.15) is 5.56 Å². The van der Waals surface area contributed by atoms with Gasteiger partial charge in [-0.2, -0.15) is 0 Å². The monoisotopic (exact) mass is 347 g/mol. The molecular formula is C16H14ClN3O2S. The zero-order valence-electron chi connectivity index (χ0n) is 12.2. The lowest BCUT2D eigenvalue weighted by Crippen LogP contribution is -2.15. The van der Waals surface area contributed by atoms with E-state index in [1.54, 1.807) is 42.6 Å². The lowest BCUT2D eigenvalue weighted by molar-refractivity contribution is 0.601. The van der Waals surface area contributed by atoms with Gasteiger partial charge < -0.3 is 5.73 Å². The van der Waals surface area contributed by atoms with Crippen LogP contribution in [0.3, 0.4) is 0 Å². The molecule has 118 valence electrons. The molecule has 3 aromatic rings. The molecule has 3 N–H and O–H groups in total. The first-order chi connectivity index (χ1) is 10.9. The number of nitrogens with zero attached hydrogens (tertiary/aromatic N) is 1. The van der Waals surface area contributed by atoms with E-state index in [0.29, 0.717) is 21.6 Å². The highest BCUT2D eigenvalue weighted by molar-refractivity contribution is 7.93. The van der Waals surface area contributed by atoms with Gasteiger partial charge in [0.05, 0.1) is 21.9 Å². The summed E-state index contributed by atoms with van der Waals surface area (Å²) in [5.41, 5.74) is 7.76. The average Bonchev–Trinajstić information content (AvgIpc) is 2.50. The minimum absolute atomic E-state index is 0.0298. The molecule has 23 heavy (non-hydrogen) atoms. The summed E-state index contributed by atoms with van der Waals surface area (Å²) in [7, 11) is -3.82. The minimum atomic E-state index is -3.82. The lowest BCUT2D eigenvalue weighted by Gasteiger charge is -2.12. The molecule has 0 bridgehead atoms. The summed E-state index contributed by atoms with van der Waals surface area (Å²) >= 11 is 6.12. The standard InChI is InChI=1S/C16H14ClN3O2S/c1-10-4-7-15(13(18)9-10)23(21,22)20-14-6-5-12(17)11-3-2-8-19-16(11)14/h2-9,20H,18H2,1H3. The van der Waals surface area contributed by atoms with Gasteiger partial charge in [0.1, 0.15) is 4.90 Å². The van der Waals surface area contributed by atoms with Crippen LogP contribution in [0.2, 0.25) is 5.02 Å². The van der Waals surface area contributed by atoms with Gasteiger partial charge in [-0.15, -0.1) is 0 Å². The van der Waals surface area contributed by atoms with Crippen LogP contribution < -0.4 is 10.5 Å². The molecule has 0 aliphatic carbocycles. The van der Waals surface area contributed by atoms with Gasteiger partial charge in [0.25, 0.3) is 10.0 Å². The first kappa shape index (κ1) is 15.6. The zero-order chi connectivity index (χ0) is 16.6. The van der Waals surface area contributed by atoms with Gasteiger partial charge in [-0.3, -0.25) is 9.71 Å². The third-order valence-electron chi connectivity index (χ3n) is 3.42. The van der Waals surface area contributed by atoms with Crippen LogP contribution in [0.25, 0.3) is 10.9 Å². The van der Waals surface area contributed by atoms with E-state index in [-0.39, 0.29) is 10.6 Å². The largest absolute Gasteiger partial charge is 0.398 e. The maximum absolute atomic E-state index is 12.6. The summed E-state index contributed by atoms with van der Waals surface area (Å²) in [6.07, 6.45) is 1.58. The fourth-order valence-electron chi connectivity index (χ4n) is 2.33. The number of hydrogen-bond donors (Lipinski definition) is 2. The van der Waals surface area contributed by atoms with E-state index < -0.39 is 10.0 Å². The Labute approximate surface area is 139 Å². The second kappa shape index (κ2) is 5.72. The molecule has 0 aliphatic heterocycles. The van der Waals surface area contributed by atoms with Crippen molar-refractivity contribution in [2.45, 2.75) is 11.8 Å². The fourth-order valence-corrected chi connectivity index (χ4v) is 3.73. The average molecular weight is 348 g/mol. The van der Waals surface area contributed by atoms with E-state index in [0.717, 1.165) is 5.56 Å². The van der Waals surface area contributed by atoms with Crippen molar-refractivity contribution in [3.05, 3.63) is 59.2 Å². The van der Waals surface area contributed by atoms with E-state index in [2.05, 4.69) is 9.71 Å². The van der Waals surface area contributed by atoms with E-state index in [4.69, 9.17) is 17.3 Å². The van der Waals surface area contributed by atoms with E-state index in [1.807, 2.05) is 6.92 Å². The Bertz CT molecular complexity index is 1000. The predicted octanol–water partition coefficient (Wildman–Crippen LogP) is 3.58. The summed E-state index contributed by atoms with van der Waals surface area (Å²) in [6.45, 7) is 1.84. The molecule has 0 amide bonds. The molecule has 0 saturated heterocycles. The molecule has 3 rings (SSSR count). The normalized spacial score (nSPS) is 11.6. The van der Waals surface area contributed by atoms with Crippen molar-refractivity contribution in [2.24, 2.45) is 0 Å². The Balaban J connectivity index is 2.10. The summed E-state index contributed by atoms with van der Waals surface area (Å²) in [6, 6.07) is 11.5. The SMILES string of the molecule is Cc1ccc(S(=O)(=O)Nc2ccc(Cl)c3cccnc23)c(N)c1. The molecule has 7 heteroatoms. The van der Waals surface area contributed by atoms with Gasteiger partial charge >= 0.3 is 0 Å². The number of nitrogen functional groups attached to an aromatic ring is 1. The number of aryl methyl sites for hydroxylation is 1. The molecule has 5 nitrogen and oxygen atoms in total. The highest BCUT2D eigenvalue weighted by Crippen LogP contribution is 2.30. The third kappa shape index (κ3) is 2.95. The van der Waals surface area contributed by atoms with Crippen LogP contribution in [0, 0.1) is 6.92 Å². The fraction of sp³-hybridized carbons (Fsp3) is 0.0625. The maximum Gasteiger partial charge on any atom is 0.264 e. The number of nitrogens with one attached hydrogen (secondary N) is 1. The maximum atomic E-state index is 12.6. The second-order valence-corrected chi connectivity index (χ2v) is 7.20. The first-order valence-corrected chi connectivity index (χ1v) is 8.67. The van der Waals surface area contributed by atoms with Crippen LogP contribution in [-0.4, -0.2) is 13.4 Å². The number of benzene rings is 2. The van der Waals surface area contributed by atoms with E-state index in [1.165, 1.54) is 6.07 Å². The summed E-state index contributed by atoms with van der Waals surface area (Å²) < 4.78 is 27.8. The molecule has 1 aromatic heterocycles. The minimum Gasteiger partial charge on any atom is -0.398 e. The van der Waals surface area contributed by atoms with E-state index in [9.17, 15) is 8.42 Å². The molecule has 0 atom stereocenters. The molecule has 0 fully saturated rings. The Morgan fingerprint density at radius 1 is 1.17 bits per heavy atom. The van der Waals surface area contributed by atoms with Gasteiger partial charge in [-0.25, -0.2) is 8.42 Å². The lowest BCUT2D eigenvalue weighted by atomic mass is 10.2. The Kier molecular flexibility index (Phi) is 3.87. The number of pyridine rings is 1. The molecule has 0 radical (unpaired) electrons. The second-order valence-electron chi connectivity index (χ2n) is 5.14. The van der Waals surface area contributed by atoms with Crippen molar-refractivity contribution < 1.29 is 8.42 Å². The highest BCUT2D eigenvalue weighted by atomic mass is 35.5. The van der Waals surface area contributed by atoms with E-state index >= 15 is 0 Å². The smallest absolute Gasteiger partial charge is 0.264 e. The van der Waals surface area contributed by atoms with Crippen LogP contribution >= 0.6 is 11.6 Å². The number of halogens is 1. The number of sulfonamides is 1. The summed E-state index contributed by atoms with van der Waals surface area (Å²) in [5, 5.41) is 1.18. The van der Waals surface area contributed by atoms with Crippen molar-refractivity contribution in [1.82, 2.24) is 4.98 Å². The van der Waals surface area contributed by atoms with Crippen molar-refractivity contribution in [1.29, 1.82) is 0 Å². The third-order valence-corrected chi connectivity index (χ3v) is 5.18. The number of anilines is 2. The molecule has 2 aromatic carbocycles. The van der Waals surface area contributed by atoms with Crippen molar-refractivity contribution in [3.63, 3.8) is 0 Å². The molecule has 0 aliphatic rings. The number of nitrogens with two attached hydrogens (primary N) is 1. The number of hydrogen-bond acceptors (Lipinski definition) is 4. The number of aromatic nitrogens is 1. The van der Waals surface area contributed by atoms with Gasteiger partial charge in [-0.05, 0) is 48.9 Å². The quantitative estimate of drug-likeness (QED) is 0.709. The zero-order valence-corrected chi connectivity index (χ0v) is 13.8. The number of rotatable bonds is 3. The topological polar surface area (TPSA) is 85.1 Å². The molecule has 1 heterocycles.